The molecule has 0 fully saturated rings. The molecule has 0 aliphatic heterocycles. The quantitative estimate of drug-likeness (QED) is 0.279. The second-order valence-electron chi connectivity index (χ2n) is 2.90. The van der Waals surface area contributed by atoms with Crippen LogP contribution in [0.4, 0.5) is 0 Å². The summed E-state index contributed by atoms with van der Waals surface area (Å²) in [7, 11) is 0. The summed E-state index contributed by atoms with van der Waals surface area (Å²) in [4.78, 5) is 0. The van der Waals surface area contributed by atoms with Crippen LogP contribution in [-0.2, 0) is 0 Å². The van der Waals surface area contributed by atoms with Crippen molar-refractivity contribution in [2.45, 2.75) is 24.4 Å². The van der Waals surface area contributed by atoms with Gasteiger partial charge in [-0.2, -0.15) is 0 Å². The SMILES string of the molecule is N[C@H]1C=C(CO)C(O)C(O)C1O. The molecule has 0 aromatic carbocycles. The fourth-order valence-corrected chi connectivity index (χ4v) is 1.22. The second-order valence-corrected chi connectivity index (χ2v) is 2.90. The van der Waals surface area contributed by atoms with Crippen molar-refractivity contribution < 1.29 is 20.4 Å². The van der Waals surface area contributed by atoms with Crippen LogP contribution in [0.15, 0.2) is 11.6 Å². The summed E-state index contributed by atoms with van der Waals surface area (Å²) in [6, 6.07) is -0.731. The predicted octanol–water partition coefficient (Wildman–Crippen LogP) is -2.67. The molecule has 0 heterocycles. The van der Waals surface area contributed by atoms with E-state index in [0.717, 1.165) is 0 Å². The third kappa shape index (κ3) is 1.50. The highest BCUT2D eigenvalue weighted by Gasteiger charge is 2.34. The predicted molar refractivity (Wildman–Crippen MR) is 41.2 cm³/mol. The van der Waals surface area contributed by atoms with Gasteiger partial charge in [-0.15, -0.1) is 0 Å². The smallest absolute Gasteiger partial charge is 0.111 e. The molecule has 4 atom stereocenters. The van der Waals surface area contributed by atoms with Crippen molar-refractivity contribution in [1.82, 2.24) is 0 Å². The van der Waals surface area contributed by atoms with E-state index in [2.05, 4.69) is 0 Å². The minimum atomic E-state index is -1.31. The lowest BCUT2D eigenvalue weighted by Gasteiger charge is -2.32. The molecule has 1 rings (SSSR count). The summed E-state index contributed by atoms with van der Waals surface area (Å²) in [5, 5.41) is 36.3. The Kier molecular flexibility index (Phi) is 2.81. The highest BCUT2D eigenvalue weighted by Crippen LogP contribution is 2.18. The standard InChI is InChI=1S/C7H13NO4/c8-4-1-3(2-9)5(10)7(12)6(4)11/h1,4-7,9-12H,2,8H2/t4-,5?,6?,7?/m0/s1. The average Bonchev–Trinajstić information content (AvgIpc) is 2.08. The Morgan fingerprint density at radius 1 is 1.25 bits per heavy atom. The van der Waals surface area contributed by atoms with E-state index in [1.807, 2.05) is 0 Å². The number of nitrogens with two attached hydrogens (primary N) is 1. The molecular weight excluding hydrogens is 162 g/mol. The maximum absolute atomic E-state index is 9.23. The summed E-state index contributed by atoms with van der Waals surface area (Å²) in [5.74, 6) is 0. The second kappa shape index (κ2) is 3.51. The van der Waals surface area contributed by atoms with Crippen molar-refractivity contribution in [3.8, 4) is 0 Å². The zero-order valence-corrected chi connectivity index (χ0v) is 6.46. The first-order valence-corrected chi connectivity index (χ1v) is 3.69. The molecule has 0 spiro atoms. The van der Waals surface area contributed by atoms with Gasteiger partial charge < -0.3 is 26.2 Å². The van der Waals surface area contributed by atoms with E-state index in [1.165, 1.54) is 6.08 Å². The number of hydrogen-bond acceptors (Lipinski definition) is 5. The summed E-state index contributed by atoms with van der Waals surface area (Å²) in [5.41, 5.74) is 5.64. The summed E-state index contributed by atoms with van der Waals surface area (Å²) < 4.78 is 0. The molecule has 1 aliphatic carbocycles. The Morgan fingerprint density at radius 2 is 1.83 bits per heavy atom. The lowest BCUT2D eigenvalue weighted by molar-refractivity contribution is -0.0596. The fraction of sp³-hybridized carbons (Fsp3) is 0.714. The molecule has 0 saturated carbocycles. The molecule has 6 N–H and O–H groups in total. The molecule has 0 aromatic heterocycles. The van der Waals surface area contributed by atoms with Crippen molar-refractivity contribution >= 4 is 0 Å². The Morgan fingerprint density at radius 3 is 2.33 bits per heavy atom. The van der Waals surface area contributed by atoms with Crippen molar-refractivity contribution in [2.75, 3.05) is 6.61 Å². The number of aliphatic hydroxyl groups is 4. The van der Waals surface area contributed by atoms with Crippen LogP contribution in [0.2, 0.25) is 0 Å². The Balaban J connectivity index is 2.84. The molecule has 0 amide bonds. The molecule has 0 aromatic rings. The Labute approximate surface area is 69.8 Å². The van der Waals surface area contributed by atoms with E-state index in [9.17, 15) is 10.2 Å². The maximum Gasteiger partial charge on any atom is 0.111 e. The minimum Gasteiger partial charge on any atom is -0.392 e. The molecule has 70 valence electrons. The lowest BCUT2D eigenvalue weighted by atomic mass is 9.89. The van der Waals surface area contributed by atoms with Gasteiger partial charge in [0.05, 0.1) is 12.6 Å². The van der Waals surface area contributed by atoms with Crippen LogP contribution < -0.4 is 5.73 Å². The van der Waals surface area contributed by atoms with E-state index < -0.39 is 24.4 Å². The van der Waals surface area contributed by atoms with Crippen molar-refractivity contribution in [2.24, 2.45) is 5.73 Å². The molecule has 0 radical (unpaired) electrons. The normalized spacial score (nSPS) is 42.6. The molecule has 5 nitrogen and oxygen atoms in total. The first-order chi connectivity index (χ1) is 5.57. The molecule has 0 bridgehead atoms. The van der Waals surface area contributed by atoms with Gasteiger partial charge in [0.15, 0.2) is 0 Å². The highest BCUT2D eigenvalue weighted by atomic mass is 16.4. The van der Waals surface area contributed by atoms with Gasteiger partial charge in [0, 0.05) is 0 Å². The van der Waals surface area contributed by atoms with E-state index in [1.54, 1.807) is 0 Å². The van der Waals surface area contributed by atoms with Crippen molar-refractivity contribution in [3.63, 3.8) is 0 Å². The van der Waals surface area contributed by atoms with Gasteiger partial charge in [-0.05, 0) is 5.57 Å². The van der Waals surface area contributed by atoms with Gasteiger partial charge in [-0.3, -0.25) is 0 Å². The van der Waals surface area contributed by atoms with E-state index >= 15 is 0 Å². The first-order valence-electron chi connectivity index (χ1n) is 3.69. The molecule has 3 unspecified atom stereocenters. The average molecular weight is 175 g/mol. The largest absolute Gasteiger partial charge is 0.392 e. The minimum absolute atomic E-state index is 0.250. The zero-order valence-electron chi connectivity index (χ0n) is 6.46. The van der Waals surface area contributed by atoms with Crippen molar-refractivity contribution in [1.29, 1.82) is 0 Å². The van der Waals surface area contributed by atoms with Gasteiger partial charge in [0.25, 0.3) is 0 Å². The van der Waals surface area contributed by atoms with Gasteiger partial charge in [-0.1, -0.05) is 6.08 Å². The Bertz CT molecular complexity index is 194. The van der Waals surface area contributed by atoms with Crippen LogP contribution in [0.5, 0.6) is 0 Å². The third-order valence-corrected chi connectivity index (χ3v) is 2.04. The monoisotopic (exact) mass is 175 g/mol. The third-order valence-electron chi connectivity index (χ3n) is 2.04. The highest BCUT2D eigenvalue weighted by molar-refractivity contribution is 5.20. The van der Waals surface area contributed by atoms with Gasteiger partial charge in [0.2, 0.25) is 0 Å². The lowest BCUT2D eigenvalue weighted by Crippen LogP contribution is -2.52. The van der Waals surface area contributed by atoms with Crippen LogP contribution in [0, 0.1) is 0 Å². The number of aliphatic hydroxyl groups excluding tert-OH is 4. The maximum atomic E-state index is 9.23. The Hall–Kier alpha value is -0.460. The van der Waals surface area contributed by atoms with Gasteiger partial charge >= 0.3 is 0 Å². The number of hydrogen-bond donors (Lipinski definition) is 5. The molecule has 12 heavy (non-hydrogen) atoms. The van der Waals surface area contributed by atoms with Crippen LogP contribution in [0.3, 0.4) is 0 Å². The van der Waals surface area contributed by atoms with Crippen LogP contribution in [0.1, 0.15) is 0 Å². The summed E-state index contributed by atoms with van der Waals surface area (Å²) >= 11 is 0. The molecular formula is C7H13NO4. The number of rotatable bonds is 1. The zero-order chi connectivity index (χ0) is 9.30. The van der Waals surface area contributed by atoms with Crippen molar-refractivity contribution in [3.05, 3.63) is 11.6 Å². The van der Waals surface area contributed by atoms with Gasteiger partial charge in [-0.25, -0.2) is 0 Å². The molecule has 1 aliphatic rings. The molecule has 5 heteroatoms. The van der Waals surface area contributed by atoms with Crippen LogP contribution in [-0.4, -0.2) is 51.4 Å². The topological polar surface area (TPSA) is 107 Å². The van der Waals surface area contributed by atoms with E-state index in [-0.39, 0.29) is 12.2 Å². The van der Waals surface area contributed by atoms with Crippen LogP contribution >= 0.6 is 0 Å². The van der Waals surface area contributed by atoms with Crippen LogP contribution in [0.25, 0.3) is 0 Å². The first kappa shape index (κ1) is 9.63. The van der Waals surface area contributed by atoms with E-state index in [4.69, 9.17) is 15.9 Å². The molecule has 0 saturated heterocycles. The summed E-state index contributed by atoms with van der Waals surface area (Å²) in [6.45, 7) is -0.362. The summed E-state index contributed by atoms with van der Waals surface area (Å²) in [6.07, 6.45) is -2.34. The fourth-order valence-electron chi connectivity index (χ4n) is 1.22. The van der Waals surface area contributed by atoms with Gasteiger partial charge in [0.1, 0.15) is 18.3 Å². The van der Waals surface area contributed by atoms with E-state index in [0.29, 0.717) is 0 Å².